The van der Waals surface area contributed by atoms with Crippen LogP contribution in [-0.2, 0) is 17.8 Å². The van der Waals surface area contributed by atoms with Crippen LogP contribution in [0.5, 0.6) is 0 Å². The third-order valence-electron chi connectivity index (χ3n) is 4.22. The van der Waals surface area contributed by atoms with Gasteiger partial charge in [-0.05, 0) is 26.3 Å². The van der Waals surface area contributed by atoms with E-state index in [1.165, 1.54) is 23.1 Å². The van der Waals surface area contributed by atoms with Gasteiger partial charge in [0.25, 0.3) is 0 Å². The lowest BCUT2D eigenvalue weighted by atomic mass is 10.1. The number of nitrogens with zero attached hydrogens (tertiary/aromatic N) is 4. The second-order valence-electron chi connectivity index (χ2n) is 6.37. The van der Waals surface area contributed by atoms with E-state index >= 15 is 0 Å². The third-order valence-corrected chi connectivity index (χ3v) is 6.29. The van der Waals surface area contributed by atoms with Crippen LogP contribution in [-0.4, -0.2) is 30.9 Å². The Bertz CT molecular complexity index is 945. The highest BCUT2D eigenvalue weighted by Crippen LogP contribution is 2.26. The van der Waals surface area contributed by atoms with E-state index < -0.39 is 0 Å². The molecule has 28 heavy (non-hydrogen) atoms. The molecule has 0 bridgehead atoms. The molecule has 146 valence electrons. The van der Waals surface area contributed by atoms with E-state index in [9.17, 15) is 4.79 Å². The Hall–Kier alpha value is -2.45. The summed E-state index contributed by atoms with van der Waals surface area (Å²) in [6.07, 6.45) is 2.49. The normalized spacial score (nSPS) is 12.0. The Morgan fingerprint density at radius 1 is 1.32 bits per heavy atom. The van der Waals surface area contributed by atoms with E-state index in [1.54, 1.807) is 0 Å². The molecule has 1 N–H and O–H groups in total. The highest BCUT2D eigenvalue weighted by atomic mass is 32.2. The van der Waals surface area contributed by atoms with Crippen molar-refractivity contribution < 1.29 is 4.79 Å². The molecule has 0 radical (unpaired) electrons. The first kappa shape index (κ1) is 20.3. The fourth-order valence-electron chi connectivity index (χ4n) is 2.57. The first-order valence-electron chi connectivity index (χ1n) is 8.96. The lowest BCUT2D eigenvalue weighted by Crippen LogP contribution is -2.23. The van der Waals surface area contributed by atoms with Gasteiger partial charge >= 0.3 is 0 Å². The fourth-order valence-corrected chi connectivity index (χ4v) is 4.27. The summed E-state index contributed by atoms with van der Waals surface area (Å²) in [5.41, 5.74) is 2.11. The monoisotopic (exact) mass is 413 g/mol. The van der Waals surface area contributed by atoms with Gasteiger partial charge in [0, 0.05) is 17.8 Å². The standard InChI is InChI=1S/C20H23N5OS2/c1-5-11-25-17(12-16-9-7-6-8-10-16)23-24-20(25)28-15(4)18(26)22-19-21-13(2)14(3)27-19/h5-10,15H,1,11-12H2,2-4H3,(H,21,22,26)/t15-/m1/s1. The van der Waals surface area contributed by atoms with Crippen molar-refractivity contribution in [1.82, 2.24) is 19.7 Å². The molecule has 0 aliphatic heterocycles. The molecule has 0 saturated heterocycles. The van der Waals surface area contributed by atoms with Crippen molar-refractivity contribution in [2.75, 3.05) is 5.32 Å². The zero-order chi connectivity index (χ0) is 20.1. The molecule has 8 heteroatoms. The molecule has 2 heterocycles. The predicted octanol–water partition coefficient (Wildman–Crippen LogP) is 4.25. The van der Waals surface area contributed by atoms with Gasteiger partial charge in [-0.15, -0.1) is 28.1 Å². The van der Waals surface area contributed by atoms with Crippen molar-refractivity contribution in [2.24, 2.45) is 0 Å². The van der Waals surface area contributed by atoms with Crippen LogP contribution in [0.3, 0.4) is 0 Å². The van der Waals surface area contributed by atoms with Gasteiger partial charge in [-0.3, -0.25) is 4.79 Å². The Morgan fingerprint density at radius 3 is 2.71 bits per heavy atom. The van der Waals surface area contributed by atoms with E-state index in [4.69, 9.17) is 0 Å². The van der Waals surface area contributed by atoms with Crippen molar-refractivity contribution in [2.45, 2.75) is 44.1 Å². The van der Waals surface area contributed by atoms with Crippen LogP contribution < -0.4 is 5.32 Å². The number of carbonyl (C=O) groups excluding carboxylic acids is 1. The van der Waals surface area contributed by atoms with Gasteiger partial charge in [0.15, 0.2) is 10.3 Å². The molecule has 0 unspecified atom stereocenters. The highest BCUT2D eigenvalue weighted by Gasteiger charge is 2.21. The summed E-state index contributed by atoms with van der Waals surface area (Å²) in [5, 5.41) is 12.6. The highest BCUT2D eigenvalue weighted by molar-refractivity contribution is 8.00. The molecular formula is C20H23N5OS2. The second kappa shape index (κ2) is 9.16. The lowest BCUT2D eigenvalue weighted by Gasteiger charge is -2.12. The minimum absolute atomic E-state index is 0.100. The first-order valence-corrected chi connectivity index (χ1v) is 10.7. The van der Waals surface area contributed by atoms with E-state index in [-0.39, 0.29) is 11.2 Å². The molecule has 0 spiro atoms. The van der Waals surface area contributed by atoms with Gasteiger partial charge in [-0.2, -0.15) is 0 Å². The molecule has 6 nitrogen and oxygen atoms in total. The van der Waals surface area contributed by atoms with Crippen LogP contribution in [0.15, 0.2) is 48.1 Å². The number of benzene rings is 1. The van der Waals surface area contributed by atoms with Crippen LogP contribution in [0.4, 0.5) is 5.13 Å². The van der Waals surface area contributed by atoms with Crippen molar-refractivity contribution in [3.05, 3.63) is 64.9 Å². The summed E-state index contributed by atoms with van der Waals surface area (Å²) in [7, 11) is 0. The van der Waals surface area contributed by atoms with Crippen LogP contribution in [0.25, 0.3) is 0 Å². The maximum absolute atomic E-state index is 12.6. The van der Waals surface area contributed by atoms with Crippen LogP contribution in [0, 0.1) is 13.8 Å². The van der Waals surface area contributed by atoms with Gasteiger partial charge in [0.2, 0.25) is 5.91 Å². The summed E-state index contributed by atoms with van der Waals surface area (Å²) in [5.74, 6) is 0.754. The maximum Gasteiger partial charge on any atom is 0.239 e. The predicted molar refractivity (Wildman–Crippen MR) is 115 cm³/mol. The lowest BCUT2D eigenvalue weighted by molar-refractivity contribution is -0.115. The number of anilines is 1. The SMILES string of the molecule is C=CCn1c(Cc2ccccc2)nnc1S[C@H](C)C(=O)Nc1nc(C)c(C)s1. The molecule has 1 aromatic carbocycles. The number of hydrogen-bond donors (Lipinski definition) is 1. The quantitative estimate of drug-likeness (QED) is 0.441. The average Bonchev–Trinajstić information content (AvgIpc) is 3.19. The largest absolute Gasteiger partial charge is 0.302 e. The van der Waals surface area contributed by atoms with E-state index in [2.05, 4.69) is 39.2 Å². The number of allylic oxidation sites excluding steroid dienone is 1. The summed E-state index contributed by atoms with van der Waals surface area (Å²) in [4.78, 5) is 18.0. The van der Waals surface area contributed by atoms with E-state index in [0.29, 0.717) is 23.3 Å². The smallest absolute Gasteiger partial charge is 0.239 e. The summed E-state index contributed by atoms with van der Waals surface area (Å²) < 4.78 is 2.01. The number of thiazole rings is 1. The number of aryl methyl sites for hydroxylation is 2. The summed E-state index contributed by atoms with van der Waals surface area (Å²) >= 11 is 2.87. The molecule has 0 aliphatic carbocycles. The Balaban J connectivity index is 1.71. The zero-order valence-electron chi connectivity index (χ0n) is 16.2. The number of aromatic nitrogens is 4. The van der Waals surface area contributed by atoms with Crippen molar-refractivity contribution in [3.8, 4) is 0 Å². The Kier molecular flexibility index (Phi) is 6.64. The van der Waals surface area contributed by atoms with Gasteiger partial charge in [-0.25, -0.2) is 4.98 Å². The maximum atomic E-state index is 12.6. The Labute approximate surface area is 173 Å². The Morgan fingerprint density at radius 2 is 2.07 bits per heavy atom. The number of hydrogen-bond acceptors (Lipinski definition) is 6. The molecule has 1 atom stereocenters. The average molecular weight is 414 g/mol. The first-order chi connectivity index (χ1) is 13.5. The van der Waals surface area contributed by atoms with Crippen LogP contribution in [0.2, 0.25) is 0 Å². The van der Waals surface area contributed by atoms with Gasteiger partial charge in [0.1, 0.15) is 5.82 Å². The number of thioether (sulfide) groups is 1. The minimum atomic E-state index is -0.332. The molecule has 0 aliphatic rings. The second-order valence-corrected chi connectivity index (χ2v) is 8.88. The van der Waals surface area contributed by atoms with E-state index in [0.717, 1.165) is 22.0 Å². The number of nitrogens with one attached hydrogen (secondary N) is 1. The molecular weight excluding hydrogens is 390 g/mol. The zero-order valence-corrected chi connectivity index (χ0v) is 17.8. The minimum Gasteiger partial charge on any atom is -0.302 e. The number of amides is 1. The van der Waals surface area contributed by atoms with Gasteiger partial charge in [0.05, 0.1) is 10.9 Å². The molecule has 0 fully saturated rings. The van der Waals surface area contributed by atoms with Crippen molar-refractivity contribution in [3.63, 3.8) is 0 Å². The fraction of sp³-hybridized carbons (Fsp3) is 0.300. The summed E-state index contributed by atoms with van der Waals surface area (Å²) in [6, 6.07) is 10.1. The molecule has 1 amide bonds. The van der Waals surface area contributed by atoms with Gasteiger partial charge in [-0.1, -0.05) is 48.2 Å². The topological polar surface area (TPSA) is 72.7 Å². The molecule has 3 aromatic rings. The van der Waals surface area contributed by atoms with Crippen LogP contribution >= 0.6 is 23.1 Å². The number of rotatable bonds is 8. The summed E-state index contributed by atoms with van der Waals surface area (Å²) in [6.45, 7) is 10.2. The van der Waals surface area contributed by atoms with Crippen molar-refractivity contribution in [1.29, 1.82) is 0 Å². The van der Waals surface area contributed by atoms with Crippen molar-refractivity contribution >= 4 is 34.1 Å². The molecule has 3 rings (SSSR count). The van der Waals surface area contributed by atoms with Crippen LogP contribution in [0.1, 0.15) is 28.9 Å². The molecule has 0 saturated carbocycles. The number of carbonyl (C=O) groups is 1. The molecule has 2 aromatic heterocycles. The third kappa shape index (κ3) is 4.88. The van der Waals surface area contributed by atoms with E-state index in [1.807, 2.05) is 49.6 Å². The van der Waals surface area contributed by atoms with Gasteiger partial charge < -0.3 is 9.88 Å².